The van der Waals surface area contributed by atoms with Crippen LogP contribution < -0.4 is 4.90 Å². The van der Waals surface area contributed by atoms with E-state index in [4.69, 9.17) is 4.74 Å². The van der Waals surface area contributed by atoms with Crippen LogP contribution in [0.2, 0.25) is 0 Å². The molecule has 2 unspecified atom stereocenters. The molecule has 8 heteroatoms. The van der Waals surface area contributed by atoms with Gasteiger partial charge >= 0.3 is 5.97 Å². The molecule has 5 nitrogen and oxygen atoms in total. The molecule has 124 valence electrons. The van der Waals surface area contributed by atoms with Crippen LogP contribution >= 0.6 is 43.6 Å². The molecule has 1 heterocycles. The predicted octanol–water partition coefficient (Wildman–Crippen LogP) is 3.39. The number of hydrogen-bond donors (Lipinski definition) is 0. The van der Waals surface area contributed by atoms with E-state index in [0.717, 1.165) is 13.8 Å². The van der Waals surface area contributed by atoms with Gasteiger partial charge in [0.25, 0.3) is 0 Å². The zero-order valence-corrected chi connectivity index (χ0v) is 16.5. The third-order valence-electron chi connectivity index (χ3n) is 3.43. The SMILES string of the molecule is CCOC(=O)C(SC)C1CC(=O)N(c2cc(Br)cc(Br)c2)C1=O. The summed E-state index contributed by atoms with van der Waals surface area (Å²) in [5.74, 6) is -1.83. The van der Waals surface area contributed by atoms with E-state index in [2.05, 4.69) is 31.9 Å². The molecule has 1 aliphatic heterocycles. The van der Waals surface area contributed by atoms with Crippen molar-refractivity contribution in [3.8, 4) is 0 Å². The molecule has 2 amide bonds. The van der Waals surface area contributed by atoms with Gasteiger partial charge in [-0.1, -0.05) is 31.9 Å². The highest BCUT2D eigenvalue weighted by Crippen LogP contribution is 2.35. The molecule has 23 heavy (non-hydrogen) atoms. The second-order valence-electron chi connectivity index (χ2n) is 4.91. The van der Waals surface area contributed by atoms with Crippen molar-refractivity contribution < 1.29 is 19.1 Å². The van der Waals surface area contributed by atoms with Gasteiger partial charge in [-0.25, -0.2) is 0 Å². The minimum Gasteiger partial charge on any atom is -0.465 e. The van der Waals surface area contributed by atoms with Gasteiger partial charge in [-0.2, -0.15) is 0 Å². The highest BCUT2D eigenvalue weighted by Gasteiger charge is 2.46. The van der Waals surface area contributed by atoms with Crippen molar-refractivity contribution in [3.05, 3.63) is 27.1 Å². The first-order valence-electron chi connectivity index (χ1n) is 6.91. The second-order valence-corrected chi connectivity index (χ2v) is 7.72. The number of carbonyl (C=O) groups excluding carboxylic acids is 3. The fourth-order valence-electron chi connectivity index (χ4n) is 2.48. The first-order valence-corrected chi connectivity index (χ1v) is 9.78. The van der Waals surface area contributed by atoms with Crippen LogP contribution in [0.3, 0.4) is 0 Å². The highest BCUT2D eigenvalue weighted by molar-refractivity contribution is 9.11. The number of nitrogens with zero attached hydrogens (tertiary/aromatic N) is 1. The number of esters is 1. The topological polar surface area (TPSA) is 63.7 Å². The van der Waals surface area contributed by atoms with Crippen LogP contribution in [0.5, 0.6) is 0 Å². The summed E-state index contributed by atoms with van der Waals surface area (Å²) in [6, 6.07) is 5.21. The molecule has 0 bridgehead atoms. The molecule has 0 spiro atoms. The maximum Gasteiger partial charge on any atom is 0.319 e. The summed E-state index contributed by atoms with van der Waals surface area (Å²) in [6.45, 7) is 1.95. The van der Waals surface area contributed by atoms with E-state index in [-0.39, 0.29) is 24.8 Å². The smallest absolute Gasteiger partial charge is 0.319 e. The number of thioether (sulfide) groups is 1. The number of anilines is 1. The molecule has 0 aliphatic carbocycles. The van der Waals surface area contributed by atoms with Crippen LogP contribution in [0.15, 0.2) is 27.1 Å². The van der Waals surface area contributed by atoms with Crippen molar-refractivity contribution >= 4 is 67.1 Å². The Kier molecular flexibility index (Phi) is 6.27. The molecule has 2 rings (SSSR count). The van der Waals surface area contributed by atoms with Gasteiger partial charge in [0, 0.05) is 15.4 Å². The van der Waals surface area contributed by atoms with Crippen molar-refractivity contribution in [1.29, 1.82) is 0 Å². The number of halogens is 2. The van der Waals surface area contributed by atoms with E-state index in [1.807, 2.05) is 6.07 Å². The normalized spacial score (nSPS) is 19.1. The van der Waals surface area contributed by atoms with Crippen molar-refractivity contribution in [1.82, 2.24) is 0 Å². The summed E-state index contributed by atoms with van der Waals surface area (Å²) < 4.78 is 6.51. The zero-order chi connectivity index (χ0) is 17.1. The Balaban J connectivity index is 2.30. The number of carbonyl (C=O) groups is 3. The molecule has 0 saturated carbocycles. The largest absolute Gasteiger partial charge is 0.465 e. The Morgan fingerprint density at radius 2 is 1.96 bits per heavy atom. The molecule has 0 N–H and O–H groups in total. The molecule has 1 aliphatic rings. The number of imide groups is 1. The van der Waals surface area contributed by atoms with Gasteiger partial charge in [-0.3, -0.25) is 19.3 Å². The Bertz CT molecular complexity index is 632. The molecule has 2 atom stereocenters. The van der Waals surface area contributed by atoms with Crippen LogP contribution in [0.4, 0.5) is 5.69 Å². The number of amides is 2. The van der Waals surface area contributed by atoms with Crippen molar-refractivity contribution in [2.75, 3.05) is 17.8 Å². The van der Waals surface area contributed by atoms with Gasteiger partial charge < -0.3 is 4.74 Å². The zero-order valence-electron chi connectivity index (χ0n) is 12.5. The summed E-state index contributed by atoms with van der Waals surface area (Å²) in [6.07, 6.45) is 1.74. The van der Waals surface area contributed by atoms with Crippen LogP contribution in [0, 0.1) is 5.92 Å². The monoisotopic (exact) mass is 463 g/mol. The molecule has 1 saturated heterocycles. The van der Waals surface area contributed by atoms with Gasteiger partial charge in [-0.15, -0.1) is 11.8 Å². The standard InChI is InChI=1S/C15H15Br2NO4S/c1-3-22-15(21)13(23-2)11-7-12(19)18(14(11)20)10-5-8(16)4-9(17)6-10/h4-6,11,13H,3,7H2,1-2H3. The average molecular weight is 465 g/mol. The minimum atomic E-state index is -0.700. The van der Waals surface area contributed by atoms with Gasteiger partial charge in [-0.05, 0) is 31.4 Å². The third-order valence-corrected chi connectivity index (χ3v) is 5.37. The molecule has 1 aromatic rings. The second kappa shape index (κ2) is 7.81. The van der Waals surface area contributed by atoms with E-state index in [1.54, 1.807) is 25.3 Å². The lowest BCUT2D eigenvalue weighted by Gasteiger charge is -2.19. The van der Waals surface area contributed by atoms with E-state index >= 15 is 0 Å². The van der Waals surface area contributed by atoms with Crippen molar-refractivity contribution in [2.24, 2.45) is 5.92 Å². The van der Waals surface area contributed by atoms with Crippen molar-refractivity contribution in [2.45, 2.75) is 18.6 Å². The lowest BCUT2D eigenvalue weighted by atomic mass is 10.0. The third kappa shape index (κ3) is 3.97. The summed E-state index contributed by atoms with van der Waals surface area (Å²) in [5, 5.41) is -0.674. The number of hydrogen-bond acceptors (Lipinski definition) is 5. The lowest BCUT2D eigenvalue weighted by Crippen LogP contribution is -2.36. The maximum atomic E-state index is 12.7. The molecule has 1 aromatic carbocycles. The lowest BCUT2D eigenvalue weighted by molar-refractivity contribution is -0.144. The number of rotatable bonds is 5. The Labute approximate surface area is 155 Å². The van der Waals surface area contributed by atoms with E-state index in [0.29, 0.717) is 5.69 Å². The van der Waals surface area contributed by atoms with Crippen LogP contribution in [0.25, 0.3) is 0 Å². The highest BCUT2D eigenvalue weighted by atomic mass is 79.9. The molecular formula is C15H15Br2NO4S. The average Bonchev–Trinajstić information content (AvgIpc) is 2.74. The minimum absolute atomic E-state index is 0.00723. The van der Waals surface area contributed by atoms with E-state index in [1.165, 1.54) is 11.8 Å². The molecular weight excluding hydrogens is 450 g/mol. The van der Waals surface area contributed by atoms with Crippen LogP contribution in [0.1, 0.15) is 13.3 Å². The van der Waals surface area contributed by atoms with Crippen LogP contribution in [-0.2, 0) is 19.1 Å². The molecule has 0 radical (unpaired) electrons. The molecule has 0 aromatic heterocycles. The van der Waals surface area contributed by atoms with E-state index < -0.39 is 17.1 Å². The van der Waals surface area contributed by atoms with Crippen LogP contribution in [-0.4, -0.2) is 35.9 Å². The first kappa shape index (κ1) is 18.5. The summed E-state index contributed by atoms with van der Waals surface area (Å²) >= 11 is 7.92. The maximum absolute atomic E-state index is 12.7. The Morgan fingerprint density at radius 1 is 1.35 bits per heavy atom. The Hall–Kier alpha value is -0.860. The first-order chi connectivity index (χ1) is 10.9. The fraction of sp³-hybridized carbons (Fsp3) is 0.400. The number of ether oxygens (including phenoxy) is 1. The number of benzene rings is 1. The quantitative estimate of drug-likeness (QED) is 0.493. The summed E-state index contributed by atoms with van der Waals surface area (Å²) in [4.78, 5) is 38.2. The van der Waals surface area contributed by atoms with Gasteiger partial charge in [0.05, 0.1) is 18.2 Å². The molecule has 1 fully saturated rings. The van der Waals surface area contributed by atoms with Gasteiger partial charge in [0.2, 0.25) is 11.8 Å². The van der Waals surface area contributed by atoms with E-state index in [9.17, 15) is 14.4 Å². The fourth-order valence-corrected chi connectivity index (χ4v) is 4.55. The summed E-state index contributed by atoms with van der Waals surface area (Å²) in [7, 11) is 0. The van der Waals surface area contributed by atoms with Crippen molar-refractivity contribution in [3.63, 3.8) is 0 Å². The van der Waals surface area contributed by atoms with Gasteiger partial charge in [0.15, 0.2) is 0 Å². The van der Waals surface area contributed by atoms with Gasteiger partial charge in [0.1, 0.15) is 5.25 Å². The summed E-state index contributed by atoms with van der Waals surface area (Å²) in [5.41, 5.74) is 0.479. The predicted molar refractivity (Wildman–Crippen MR) is 96.4 cm³/mol. The Morgan fingerprint density at radius 3 is 2.48 bits per heavy atom.